The molecule has 2 aliphatic heterocycles. The molecule has 0 aromatic heterocycles. The molecule has 3 N–H and O–H groups in total. The average Bonchev–Trinajstić information content (AvgIpc) is 3.12. The summed E-state index contributed by atoms with van der Waals surface area (Å²) in [7, 11) is 0. The minimum atomic E-state index is -1.07. The van der Waals surface area contributed by atoms with Crippen LogP contribution < -0.4 is 10.6 Å². The molecule has 1 saturated carbocycles. The molecule has 2 fully saturated rings. The molecule has 1 aliphatic carbocycles. The highest BCUT2D eigenvalue weighted by Crippen LogP contribution is 2.45. The van der Waals surface area contributed by atoms with Gasteiger partial charge in [-0.05, 0) is 42.7 Å². The number of nitrogens with one attached hydrogen (secondary N) is 2. The van der Waals surface area contributed by atoms with Crippen molar-refractivity contribution in [2.24, 2.45) is 17.8 Å². The van der Waals surface area contributed by atoms with E-state index in [1.165, 1.54) is 6.07 Å². The van der Waals surface area contributed by atoms with Gasteiger partial charge >= 0.3 is 5.97 Å². The Hall–Kier alpha value is -2.28. The SMILES string of the molecule is O=C(O)c1ccccc1NC(=O)C1CCC2C(C1)NC(=O)C1C=CSC12. The first kappa shape index (κ1) is 17.1. The van der Waals surface area contributed by atoms with Crippen molar-refractivity contribution in [2.75, 3.05) is 5.32 Å². The zero-order valence-corrected chi connectivity index (χ0v) is 14.9. The van der Waals surface area contributed by atoms with Gasteiger partial charge in [0.1, 0.15) is 0 Å². The lowest BCUT2D eigenvalue weighted by atomic mass is 9.71. The summed E-state index contributed by atoms with van der Waals surface area (Å²) in [4.78, 5) is 36.3. The van der Waals surface area contributed by atoms with E-state index in [1.807, 2.05) is 11.5 Å². The minimum absolute atomic E-state index is 0.00960. The van der Waals surface area contributed by atoms with Gasteiger partial charge in [-0.15, -0.1) is 11.8 Å². The van der Waals surface area contributed by atoms with Gasteiger partial charge in [-0.1, -0.05) is 18.2 Å². The first-order chi connectivity index (χ1) is 12.5. The van der Waals surface area contributed by atoms with Crippen LogP contribution in [0.3, 0.4) is 0 Å². The van der Waals surface area contributed by atoms with E-state index in [9.17, 15) is 19.5 Å². The Kier molecular flexibility index (Phi) is 4.48. The molecule has 2 amide bonds. The third-order valence-electron chi connectivity index (χ3n) is 5.62. The molecule has 5 unspecified atom stereocenters. The lowest BCUT2D eigenvalue weighted by molar-refractivity contribution is -0.130. The molecular weight excluding hydrogens is 352 g/mol. The van der Waals surface area contributed by atoms with Crippen molar-refractivity contribution in [2.45, 2.75) is 30.6 Å². The van der Waals surface area contributed by atoms with Crippen LogP contribution in [0.2, 0.25) is 0 Å². The zero-order chi connectivity index (χ0) is 18.3. The van der Waals surface area contributed by atoms with E-state index < -0.39 is 5.97 Å². The number of carbonyl (C=O) groups excluding carboxylic acids is 2. The molecule has 5 atom stereocenters. The summed E-state index contributed by atoms with van der Waals surface area (Å²) in [6, 6.07) is 6.41. The van der Waals surface area contributed by atoms with Crippen LogP contribution in [-0.4, -0.2) is 34.2 Å². The van der Waals surface area contributed by atoms with Crippen LogP contribution in [0.5, 0.6) is 0 Å². The maximum absolute atomic E-state index is 12.7. The summed E-state index contributed by atoms with van der Waals surface area (Å²) >= 11 is 1.73. The second-order valence-corrected chi connectivity index (χ2v) is 8.17. The number of benzene rings is 1. The number of amides is 2. The number of hydrogen-bond donors (Lipinski definition) is 3. The highest BCUT2D eigenvalue weighted by molar-refractivity contribution is 8.03. The highest BCUT2D eigenvalue weighted by Gasteiger charge is 2.47. The standard InChI is InChI=1S/C19H20N2O4S/c22-17(20-14-4-2-1-3-12(14)19(24)25)10-5-6-11-15(9-10)21-18(23)13-7-8-26-16(11)13/h1-4,7-8,10-11,13,15-16H,5-6,9H2,(H,20,22)(H,21,23)(H,24,25). The number of para-hydroxylation sites is 1. The van der Waals surface area contributed by atoms with Crippen LogP contribution in [0.15, 0.2) is 35.7 Å². The molecule has 0 spiro atoms. The first-order valence-corrected chi connectivity index (χ1v) is 9.74. The Morgan fingerprint density at radius 2 is 2.04 bits per heavy atom. The molecule has 136 valence electrons. The fraction of sp³-hybridized carbons (Fsp3) is 0.421. The van der Waals surface area contributed by atoms with Gasteiger partial charge in [0.2, 0.25) is 11.8 Å². The van der Waals surface area contributed by atoms with Crippen molar-refractivity contribution in [1.29, 1.82) is 0 Å². The Balaban J connectivity index is 1.45. The number of fused-ring (bicyclic) bond motifs is 3. The largest absolute Gasteiger partial charge is 0.478 e. The molecule has 4 rings (SSSR count). The van der Waals surface area contributed by atoms with E-state index in [0.717, 1.165) is 12.8 Å². The van der Waals surface area contributed by atoms with E-state index in [1.54, 1.807) is 30.0 Å². The van der Waals surface area contributed by atoms with Crippen LogP contribution in [-0.2, 0) is 9.59 Å². The number of aromatic carboxylic acids is 1. The van der Waals surface area contributed by atoms with Crippen molar-refractivity contribution < 1.29 is 19.5 Å². The van der Waals surface area contributed by atoms with Crippen molar-refractivity contribution in [1.82, 2.24) is 5.32 Å². The van der Waals surface area contributed by atoms with E-state index in [2.05, 4.69) is 10.6 Å². The van der Waals surface area contributed by atoms with Crippen molar-refractivity contribution in [3.05, 3.63) is 41.3 Å². The zero-order valence-electron chi connectivity index (χ0n) is 14.1. The van der Waals surface area contributed by atoms with Gasteiger partial charge in [0.15, 0.2) is 0 Å². The second-order valence-electron chi connectivity index (χ2n) is 7.08. The van der Waals surface area contributed by atoms with Crippen LogP contribution in [0.25, 0.3) is 0 Å². The average molecular weight is 372 g/mol. The first-order valence-electron chi connectivity index (χ1n) is 8.80. The molecule has 0 bridgehead atoms. The van der Waals surface area contributed by atoms with E-state index >= 15 is 0 Å². The number of piperidine rings is 1. The van der Waals surface area contributed by atoms with Crippen molar-refractivity contribution >= 4 is 35.2 Å². The number of carbonyl (C=O) groups is 3. The molecule has 26 heavy (non-hydrogen) atoms. The lowest BCUT2D eigenvalue weighted by Crippen LogP contribution is -2.57. The fourth-order valence-electron chi connectivity index (χ4n) is 4.30. The highest BCUT2D eigenvalue weighted by atomic mass is 32.2. The Labute approximate surface area is 155 Å². The normalized spacial score (nSPS) is 32.3. The quantitative estimate of drug-likeness (QED) is 0.758. The Morgan fingerprint density at radius 3 is 2.85 bits per heavy atom. The molecule has 0 radical (unpaired) electrons. The number of hydrogen-bond acceptors (Lipinski definition) is 4. The van der Waals surface area contributed by atoms with Crippen molar-refractivity contribution in [3.63, 3.8) is 0 Å². The molecule has 1 saturated heterocycles. The summed E-state index contributed by atoms with van der Waals surface area (Å²) < 4.78 is 0. The topological polar surface area (TPSA) is 95.5 Å². The molecule has 2 heterocycles. The van der Waals surface area contributed by atoms with Gasteiger partial charge in [-0.3, -0.25) is 9.59 Å². The molecule has 1 aromatic rings. The maximum atomic E-state index is 12.7. The molecule has 7 heteroatoms. The minimum Gasteiger partial charge on any atom is -0.478 e. The third-order valence-corrected chi connectivity index (χ3v) is 6.89. The number of carboxylic acid groups (broad SMARTS) is 1. The predicted molar refractivity (Wildman–Crippen MR) is 98.8 cm³/mol. The van der Waals surface area contributed by atoms with Gasteiger partial charge in [0.05, 0.1) is 17.2 Å². The monoisotopic (exact) mass is 372 g/mol. The van der Waals surface area contributed by atoms with Gasteiger partial charge < -0.3 is 15.7 Å². The number of rotatable bonds is 3. The van der Waals surface area contributed by atoms with Gasteiger partial charge in [-0.2, -0.15) is 0 Å². The number of carboxylic acids is 1. The van der Waals surface area contributed by atoms with E-state index in [0.29, 0.717) is 18.0 Å². The summed E-state index contributed by atoms with van der Waals surface area (Å²) in [6.07, 6.45) is 4.21. The number of thioether (sulfide) groups is 1. The van der Waals surface area contributed by atoms with Crippen LogP contribution in [0.1, 0.15) is 29.6 Å². The maximum Gasteiger partial charge on any atom is 0.337 e. The Bertz CT molecular complexity index is 793. The van der Waals surface area contributed by atoms with Gasteiger partial charge in [-0.25, -0.2) is 4.79 Å². The summed E-state index contributed by atoms with van der Waals surface area (Å²) in [5, 5.41) is 17.4. The van der Waals surface area contributed by atoms with Crippen LogP contribution >= 0.6 is 11.8 Å². The van der Waals surface area contributed by atoms with Gasteiger partial charge in [0.25, 0.3) is 0 Å². The van der Waals surface area contributed by atoms with Crippen molar-refractivity contribution in [3.8, 4) is 0 Å². The second kappa shape index (κ2) is 6.79. The molecular formula is C19H20N2O4S. The smallest absolute Gasteiger partial charge is 0.337 e. The molecule has 6 nitrogen and oxygen atoms in total. The van der Waals surface area contributed by atoms with E-state index in [4.69, 9.17) is 0 Å². The van der Waals surface area contributed by atoms with Crippen LogP contribution in [0.4, 0.5) is 5.69 Å². The lowest BCUT2D eigenvalue weighted by Gasteiger charge is -2.44. The Morgan fingerprint density at radius 1 is 1.23 bits per heavy atom. The summed E-state index contributed by atoms with van der Waals surface area (Å²) in [5.41, 5.74) is 0.396. The predicted octanol–water partition coefficient (Wildman–Crippen LogP) is 2.48. The summed E-state index contributed by atoms with van der Waals surface area (Å²) in [6.45, 7) is 0. The third kappa shape index (κ3) is 3.00. The van der Waals surface area contributed by atoms with E-state index in [-0.39, 0.29) is 40.5 Å². The fourth-order valence-corrected chi connectivity index (χ4v) is 5.66. The molecule has 1 aromatic carbocycles. The number of anilines is 1. The summed E-state index contributed by atoms with van der Waals surface area (Å²) in [5.74, 6) is -1.09. The van der Waals surface area contributed by atoms with Crippen LogP contribution in [0, 0.1) is 17.8 Å². The molecule has 3 aliphatic rings. The van der Waals surface area contributed by atoms with Gasteiger partial charge in [0, 0.05) is 17.2 Å².